The summed E-state index contributed by atoms with van der Waals surface area (Å²) >= 11 is 0. The Labute approximate surface area is 262 Å². The van der Waals surface area contributed by atoms with Crippen LogP contribution in [0.4, 0.5) is 0 Å². The van der Waals surface area contributed by atoms with Gasteiger partial charge < -0.3 is 0 Å². The SMILES string of the molecule is Cc1ccccc1.Cc1ccccc1.Cc1ccccc1.Cc1ccccc1.Cc1ccccc1.Cc1ccccc1C. The molecule has 43 heavy (non-hydrogen) atoms. The van der Waals surface area contributed by atoms with Crippen molar-refractivity contribution in [2.75, 3.05) is 0 Å². The van der Waals surface area contributed by atoms with E-state index in [0.717, 1.165) is 0 Å². The molecule has 0 unspecified atom stereocenters. The molecule has 0 heterocycles. The van der Waals surface area contributed by atoms with Gasteiger partial charge in [0.25, 0.3) is 0 Å². The van der Waals surface area contributed by atoms with Crippen molar-refractivity contribution in [1.29, 1.82) is 0 Å². The summed E-state index contributed by atoms with van der Waals surface area (Å²) in [7, 11) is 0. The first-order chi connectivity index (χ1) is 20.8. The topological polar surface area (TPSA) is 0 Å². The van der Waals surface area contributed by atoms with Gasteiger partial charge in [-0.05, 0) is 59.6 Å². The fraction of sp³-hybridized carbons (Fsp3) is 0.163. The first kappa shape index (κ1) is 36.3. The fourth-order valence-corrected chi connectivity index (χ4v) is 3.33. The summed E-state index contributed by atoms with van der Waals surface area (Å²) in [5.74, 6) is 0. The van der Waals surface area contributed by atoms with E-state index in [2.05, 4.69) is 133 Å². The average molecular weight is 567 g/mol. The van der Waals surface area contributed by atoms with Crippen LogP contribution in [0.25, 0.3) is 0 Å². The van der Waals surface area contributed by atoms with Crippen molar-refractivity contribution in [2.24, 2.45) is 0 Å². The highest BCUT2D eigenvalue weighted by Crippen LogP contribution is 2.02. The first-order valence-electron chi connectivity index (χ1n) is 14.9. The lowest BCUT2D eigenvalue weighted by Gasteiger charge is -1.93. The van der Waals surface area contributed by atoms with Gasteiger partial charge in [-0.25, -0.2) is 0 Å². The zero-order valence-corrected chi connectivity index (χ0v) is 27.2. The zero-order chi connectivity index (χ0) is 31.5. The van der Waals surface area contributed by atoms with Gasteiger partial charge in [0.15, 0.2) is 0 Å². The van der Waals surface area contributed by atoms with Crippen LogP contribution in [0.15, 0.2) is 176 Å². The number of hydrogen-bond acceptors (Lipinski definition) is 0. The van der Waals surface area contributed by atoms with Crippen molar-refractivity contribution < 1.29 is 0 Å². The molecule has 0 spiro atoms. The highest BCUT2D eigenvalue weighted by atomic mass is 13.9. The minimum atomic E-state index is 1.32. The molecule has 6 aromatic rings. The van der Waals surface area contributed by atoms with E-state index in [0.29, 0.717) is 0 Å². The highest BCUT2D eigenvalue weighted by molar-refractivity contribution is 5.23. The Morgan fingerprint density at radius 2 is 0.326 bits per heavy atom. The molecule has 0 radical (unpaired) electrons. The van der Waals surface area contributed by atoms with E-state index in [-0.39, 0.29) is 0 Å². The summed E-state index contributed by atoms with van der Waals surface area (Å²) < 4.78 is 0. The van der Waals surface area contributed by atoms with Gasteiger partial charge in [-0.3, -0.25) is 0 Å². The summed E-state index contributed by atoms with van der Waals surface area (Å²) in [6, 6.07) is 59.7. The summed E-state index contributed by atoms with van der Waals surface area (Å²) in [4.78, 5) is 0. The Morgan fingerprint density at radius 3 is 0.419 bits per heavy atom. The van der Waals surface area contributed by atoms with Crippen LogP contribution in [0.1, 0.15) is 38.9 Å². The third-order valence-corrected chi connectivity index (χ3v) is 6.13. The third kappa shape index (κ3) is 21.7. The molecular formula is C43H50. The monoisotopic (exact) mass is 566 g/mol. The molecule has 6 rings (SSSR count). The maximum absolute atomic E-state index is 2.12. The summed E-state index contributed by atoms with van der Waals surface area (Å²) in [6.07, 6.45) is 0. The highest BCUT2D eigenvalue weighted by Gasteiger charge is 1.84. The molecule has 6 aromatic carbocycles. The van der Waals surface area contributed by atoms with E-state index in [4.69, 9.17) is 0 Å². The Hall–Kier alpha value is -4.68. The molecule has 0 saturated heterocycles. The van der Waals surface area contributed by atoms with E-state index < -0.39 is 0 Å². The normalized spacial score (nSPS) is 8.81. The maximum atomic E-state index is 2.12. The Kier molecular flexibility index (Phi) is 20.3. The molecule has 0 atom stereocenters. The number of benzene rings is 6. The Morgan fingerprint density at radius 1 is 0.186 bits per heavy atom. The molecule has 0 N–H and O–H groups in total. The molecule has 0 heteroatoms. The Balaban J connectivity index is 0.000000258. The second kappa shape index (κ2) is 24.0. The van der Waals surface area contributed by atoms with Crippen LogP contribution < -0.4 is 0 Å². The molecule has 0 nitrogen and oxygen atoms in total. The third-order valence-electron chi connectivity index (χ3n) is 6.13. The van der Waals surface area contributed by atoms with Gasteiger partial charge in [-0.2, -0.15) is 0 Å². The molecule has 0 aromatic heterocycles. The predicted molar refractivity (Wildman–Crippen MR) is 192 cm³/mol. The molecule has 0 saturated carbocycles. The van der Waals surface area contributed by atoms with Crippen molar-refractivity contribution in [3.63, 3.8) is 0 Å². The lowest BCUT2D eigenvalue weighted by Crippen LogP contribution is -1.74. The van der Waals surface area contributed by atoms with Crippen LogP contribution in [-0.2, 0) is 0 Å². The lowest BCUT2D eigenvalue weighted by atomic mass is 10.1. The van der Waals surface area contributed by atoms with Crippen molar-refractivity contribution in [3.05, 3.63) is 215 Å². The van der Waals surface area contributed by atoms with Crippen molar-refractivity contribution >= 4 is 0 Å². The number of rotatable bonds is 0. The minimum absolute atomic E-state index is 1.32. The van der Waals surface area contributed by atoms with Gasteiger partial charge in [0, 0.05) is 0 Å². The summed E-state index contributed by atoms with van der Waals surface area (Å²) in [5.41, 5.74) is 9.34. The predicted octanol–water partition coefficient (Wildman–Crippen LogP) is 12.3. The zero-order valence-electron chi connectivity index (χ0n) is 27.2. The van der Waals surface area contributed by atoms with E-state index in [9.17, 15) is 0 Å². The fourth-order valence-electron chi connectivity index (χ4n) is 3.33. The van der Waals surface area contributed by atoms with E-state index >= 15 is 0 Å². The van der Waals surface area contributed by atoms with Crippen LogP contribution in [-0.4, -0.2) is 0 Å². The molecule has 222 valence electrons. The van der Waals surface area contributed by atoms with E-state index in [1.165, 1.54) is 38.9 Å². The van der Waals surface area contributed by atoms with Gasteiger partial charge in [0.2, 0.25) is 0 Å². The molecule has 0 aliphatic rings. The van der Waals surface area contributed by atoms with Gasteiger partial charge in [0.1, 0.15) is 0 Å². The second-order valence-electron chi connectivity index (χ2n) is 10.4. The van der Waals surface area contributed by atoms with Gasteiger partial charge in [-0.1, -0.05) is 204 Å². The molecule has 0 bridgehead atoms. The smallest absolute Gasteiger partial charge is 0.0395 e. The van der Waals surface area contributed by atoms with Crippen LogP contribution in [0, 0.1) is 48.5 Å². The molecule has 0 aliphatic carbocycles. The minimum Gasteiger partial charge on any atom is -0.0622 e. The molecular weight excluding hydrogens is 516 g/mol. The molecule has 0 amide bonds. The summed E-state index contributed by atoms with van der Waals surface area (Å²) in [5, 5.41) is 0. The van der Waals surface area contributed by atoms with Gasteiger partial charge in [0.05, 0.1) is 0 Å². The van der Waals surface area contributed by atoms with Crippen LogP contribution in [0.5, 0.6) is 0 Å². The first-order valence-corrected chi connectivity index (χ1v) is 14.9. The van der Waals surface area contributed by atoms with Crippen LogP contribution in [0.2, 0.25) is 0 Å². The van der Waals surface area contributed by atoms with Crippen LogP contribution in [0.3, 0.4) is 0 Å². The van der Waals surface area contributed by atoms with E-state index in [1.807, 2.05) is 91.0 Å². The average Bonchev–Trinajstić information content (AvgIpc) is 3.02. The van der Waals surface area contributed by atoms with Crippen molar-refractivity contribution in [3.8, 4) is 0 Å². The summed E-state index contributed by atoms with van der Waals surface area (Å²) in [6.45, 7) is 14.7. The number of aryl methyl sites for hydroxylation is 7. The van der Waals surface area contributed by atoms with E-state index in [1.54, 1.807) is 0 Å². The molecule has 0 fully saturated rings. The Bertz CT molecular complexity index is 1180. The quantitative estimate of drug-likeness (QED) is 0.171. The van der Waals surface area contributed by atoms with Crippen LogP contribution >= 0.6 is 0 Å². The van der Waals surface area contributed by atoms with Crippen molar-refractivity contribution in [1.82, 2.24) is 0 Å². The van der Waals surface area contributed by atoms with Gasteiger partial charge in [-0.15, -0.1) is 0 Å². The second-order valence-corrected chi connectivity index (χ2v) is 10.4. The largest absolute Gasteiger partial charge is 0.0622 e. The standard InChI is InChI=1S/C8H10.5C7H8/c1-7-5-3-4-6-8(7)2;5*1-7-5-3-2-4-6-7/h3-6H,1-2H3;5*2-6H,1H3. The van der Waals surface area contributed by atoms with Gasteiger partial charge >= 0.3 is 0 Å². The lowest BCUT2D eigenvalue weighted by molar-refractivity contribution is 1.34. The van der Waals surface area contributed by atoms with Crippen molar-refractivity contribution in [2.45, 2.75) is 48.5 Å². The number of hydrogen-bond donors (Lipinski definition) is 0. The maximum Gasteiger partial charge on any atom is -0.0395 e. The molecule has 0 aliphatic heterocycles.